The van der Waals surface area contributed by atoms with Crippen LogP contribution in [-0.2, 0) is 20.8 Å². The van der Waals surface area contributed by atoms with E-state index in [1.165, 1.54) is 18.3 Å². The lowest BCUT2D eigenvalue weighted by Gasteiger charge is -2.34. The van der Waals surface area contributed by atoms with E-state index in [-0.39, 0.29) is 29.9 Å². The van der Waals surface area contributed by atoms with Crippen LogP contribution in [0.25, 0.3) is 6.08 Å². The van der Waals surface area contributed by atoms with Gasteiger partial charge in [0.25, 0.3) is 0 Å². The number of carbonyl (C=O) groups is 3. The molecule has 4 rings (SSSR count). The lowest BCUT2D eigenvalue weighted by molar-refractivity contribution is -0.136. The summed E-state index contributed by atoms with van der Waals surface area (Å²) in [6.07, 6.45) is 2.74. The lowest BCUT2D eigenvalue weighted by Crippen LogP contribution is -2.62. The SMILES string of the molecule is CC(C)C1Oc2ccc(cc2)/C=C\NC(=O)C(Cc2ccc(O)cc2)NC(=O)C1NC(=O)C(C(C)C)N(C)C. The number of hydrogen-bond acceptors (Lipinski definition) is 6. The molecule has 0 fully saturated rings. The zero-order valence-corrected chi connectivity index (χ0v) is 23.5. The number of phenols is 1. The number of carbonyl (C=O) groups excluding carboxylic acids is 3. The maximum atomic E-state index is 13.9. The molecule has 39 heavy (non-hydrogen) atoms. The number of nitrogens with zero attached hydrogens (tertiary/aromatic N) is 1. The van der Waals surface area contributed by atoms with Crippen LogP contribution in [0, 0.1) is 11.8 Å². The highest BCUT2D eigenvalue weighted by Crippen LogP contribution is 2.21. The van der Waals surface area contributed by atoms with E-state index < -0.39 is 36.0 Å². The fraction of sp³-hybridized carbons (Fsp3) is 0.433. The normalized spacial score (nSPS) is 21.6. The maximum absolute atomic E-state index is 13.9. The van der Waals surface area contributed by atoms with Crippen LogP contribution >= 0.6 is 0 Å². The average molecular weight is 537 g/mol. The summed E-state index contributed by atoms with van der Waals surface area (Å²) in [4.78, 5) is 42.4. The molecule has 0 radical (unpaired) electrons. The van der Waals surface area contributed by atoms with Crippen molar-refractivity contribution in [3.8, 4) is 11.5 Å². The van der Waals surface area contributed by atoms with E-state index in [0.717, 1.165) is 11.1 Å². The molecule has 9 nitrogen and oxygen atoms in total. The van der Waals surface area contributed by atoms with E-state index in [1.807, 2.05) is 58.8 Å². The molecule has 3 amide bonds. The highest BCUT2D eigenvalue weighted by atomic mass is 16.5. The van der Waals surface area contributed by atoms with Gasteiger partial charge in [0.15, 0.2) is 0 Å². The van der Waals surface area contributed by atoms with E-state index in [1.54, 1.807) is 30.3 Å². The van der Waals surface area contributed by atoms with Crippen molar-refractivity contribution in [2.24, 2.45) is 11.8 Å². The summed E-state index contributed by atoms with van der Waals surface area (Å²) in [5.74, 6) is -0.744. The van der Waals surface area contributed by atoms with Crippen molar-refractivity contribution in [3.05, 3.63) is 65.9 Å². The number of fused-ring (bicyclic) bond motifs is 10. The molecule has 4 atom stereocenters. The van der Waals surface area contributed by atoms with Gasteiger partial charge in [-0.2, -0.15) is 0 Å². The standard InChI is InChI=1S/C30H40N4O5/c1-18(2)26(34(5)6)30(38)33-25-27(19(3)4)39-23-13-9-20(10-14-23)15-16-31-28(36)24(32-29(25)37)17-21-7-11-22(35)12-8-21/h7-16,18-19,24-27,35H,17H2,1-6H3,(H,31,36)(H,32,37)(H,33,38)/b16-15-. The van der Waals surface area contributed by atoms with Crippen LogP contribution in [0.1, 0.15) is 38.8 Å². The molecule has 2 aliphatic rings. The molecule has 0 aromatic heterocycles. The number of rotatable bonds is 7. The smallest absolute Gasteiger partial charge is 0.247 e. The van der Waals surface area contributed by atoms with Crippen LogP contribution in [-0.4, -0.2) is 66.1 Å². The van der Waals surface area contributed by atoms with Crippen LogP contribution in [0.2, 0.25) is 0 Å². The predicted molar refractivity (Wildman–Crippen MR) is 151 cm³/mol. The molecule has 2 aliphatic heterocycles. The third-order valence-electron chi connectivity index (χ3n) is 6.69. The first kappa shape index (κ1) is 29.7. The van der Waals surface area contributed by atoms with Crippen molar-refractivity contribution >= 4 is 23.8 Å². The first-order valence-corrected chi connectivity index (χ1v) is 13.2. The van der Waals surface area contributed by atoms with Gasteiger partial charge >= 0.3 is 0 Å². The van der Waals surface area contributed by atoms with Crippen molar-refractivity contribution in [2.45, 2.75) is 58.3 Å². The van der Waals surface area contributed by atoms with Crippen LogP contribution in [0.4, 0.5) is 0 Å². The molecule has 0 aliphatic carbocycles. The Bertz CT molecular complexity index is 1150. The Hall–Kier alpha value is -3.85. The minimum atomic E-state index is -1.08. The lowest BCUT2D eigenvalue weighted by atomic mass is 9.95. The fourth-order valence-corrected chi connectivity index (χ4v) is 4.73. The summed E-state index contributed by atoms with van der Waals surface area (Å²) >= 11 is 0. The number of likely N-dealkylation sites (N-methyl/N-ethyl adjacent to an activating group) is 1. The summed E-state index contributed by atoms with van der Waals surface area (Å²) < 4.78 is 6.31. The van der Waals surface area contributed by atoms with Crippen LogP contribution in [0.3, 0.4) is 0 Å². The summed E-state index contributed by atoms with van der Waals surface area (Å²) in [5, 5.41) is 18.2. The Kier molecular flexibility index (Phi) is 10.1. The third-order valence-corrected chi connectivity index (χ3v) is 6.69. The van der Waals surface area contributed by atoms with Gasteiger partial charge in [-0.1, -0.05) is 52.0 Å². The third kappa shape index (κ3) is 8.07. The van der Waals surface area contributed by atoms with E-state index in [4.69, 9.17) is 4.74 Å². The largest absolute Gasteiger partial charge is 0.508 e. The Labute approximate surface area is 230 Å². The first-order chi connectivity index (χ1) is 18.5. The molecule has 0 saturated heterocycles. The monoisotopic (exact) mass is 536 g/mol. The summed E-state index contributed by atoms with van der Waals surface area (Å²) in [7, 11) is 3.64. The number of amides is 3. The van der Waals surface area contributed by atoms with Gasteiger partial charge in [-0.3, -0.25) is 19.3 Å². The molecule has 2 aromatic rings. The van der Waals surface area contributed by atoms with Gasteiger partial charge < -0.3 is 25.8 Å². The average Bonchev–Trinajstić information content (AvgIpc) is 2.86. The summed E-state index contributed by atoms with van der Waals surface area (Å²) in [5.41, 5.74) is 1.61. The number of hydrogen-bond donors (Lipinski definition) is 4. The molecule has 2 heterocycles. The number of phenolic OH excluding ortho intramolecular Hbond substituents is 1. The van der Waals surface area contributed by atoms with Crippen LogP contribution < -0.4 is 20.7 Å². The fourth-order valence-electron chi connectivity index (χ4n) is 4.73. The highest BCUT2D eigenvalue weighted by molar-refractivity contribution is 5.94. The summed E-state index contributed by atoms with van der Waals surface area (Å²) in [6, 6.07) is 11.2. The van der Waals surface area contributed by atoms with Gasteiger partial charge in [0.1, 0.15) is 29.7 Å². The molecule has 2 aromatic carbocycles. The molecule has 0 saturated carbocycles. The molecule has 4 unspecified atom stereocenters. The minimum absolute atomic E-state index is 0.00709. The minimum Gasteiger partial charge on any atom is -0.508 e. The number of ether oxygens (including phenoxy) is 1. The number of aromatic hydroxyl groups is 1. The van der Waals surface area contributed by atoms with E-state index in [9.17, 15) is 19.5 Å². The molecule has 210 valence electrons. The van der Waals surface area contributed by atoms with Crippen molar-refractivity contribution in [3.63, 3.8) is 0 Å². The molecular formula is C30H40N4O5. The second kappa shape index (κ2) is 13.3. The maximum Gasteiger partial charge on any atom is 0.247 e. The quantitative estimate of drug-likeness (QED) is 0.432. The van der Waals surface area contributed by atoms with Crippen molar-refractivity contribution in [2.75, 3.05) is 14.1 Å². The van der Waals surface area contributed by atoms with Crippen LogP contribution in [0.15, 0.2) is 54.7 Å². The zero-order valence-electron chi connectivity index (χ0n) is 23.5. The van der Waals surface area contributed by atoms with E-state index >= 15 is 0 Å². The molecule has 4 N–H and O–H groups in total. The molecule has 9 heteroatoms. The van der Waals surface area contributed by atoms with Crippen molar-refractivity contribution < 1.29 is 24.2 Å². The second-order valence-electron chi connectivity index (χ2n) is 10.8. The van der Waals surface area contributed by atoms with Gasteiger partial charge in [-0.25, -0.2) is 0 Å². The number of nitrogens with one attached hydrogen (secondary N) is 3. The Morgan fingerprint density at radius 3 is 2.21 bits per heavy atom. The van der Waals surface area contributed by atoms with Crippen molar-refractivity contribution in [1.82, 2.24) is 20.9 Å². The van der Waals surface area contributed by atoms with Gasteiger partial charge in [-0.15, -0.1) is 0 Å². The Morgan fingerprint density at radius 2 is 1.64 bits per heavy atom. The highest BCUT2D eigenvalue weighted by Gasteiger charge is 2.38. The van der Waals surface area contributed by atoms with Gasteiger partial charge in [0.05, 0.1) is 6.04 Å². The van der Waals surface area contributed by atoms with E-state index in [2.05, 4.69) is 16.0 Å². The second-order valence-corrected chi connectivity index (χ2v) is 10.8. The van der Waals surface area contributed by atoms with Crippen molar-refractivity contribution in [1.29, 1.82) is 0 Å². The van der Waals surface area contributed by atoms with Gasteiger partial charge in [0.2, 0.25) is 17.7 Å². The molecule has 2 bridgehead atoms. The Morgan fingerprint density at radius 1 is 1.00 bits per heavy atom. The number of benzene rings is 2. The van der Waals surface area contributed by atoms with E-state index in [0.29, 0.717) is 5.75 Å². The molecular weight excluding hydrogens is 496 g/mol. The van der Waals surface area contributed by atoms with Crippen LogP contribution in [0.5, 0.6) is 11.5 Å². The first-order valence-electron chi connectivity index (χ1n) is 13.2. The predicted octanol–water partition coefficient (Wildman–Crippen LogP) is 2.69. The Balaban J connectivity index is 2.03. The zero-order chi connectivity index (χ0) is 28.7. The van der Waals surface area contributed by atoms with Gasteiger partial charge in [0, 0.05) is 12.6 Å². The summed E-state index contributed by atoms with van der Waals surface area (Å²) in [6.45, 7) is 7.73. The topological polar surface area (TPSA) is 120 Å². The molecule has 0 spiro atoms. The van der Waals surface area contributed by atoms with Gasteiger partial charge in [-0.05, 0) is 67.4 Å².